The predicted octanol–water partition coefficient (Wildman–Crippen LogP) is 18.9. The zero-order valence-corrected chi connectivity index (χ0v) is 40.6. The first-order chi connectivity index (χ1) is 26.3. The van der Waals surface area contributed by atoms with Crippen LogP contribution in [0.3, 0.4) is 0 Å². The normalized spacial score (nSPS) is 12.4. The first kappa shape index (κ1) is 47.5. The highest BCUT2D eigenvalue weighted by Crippen LogP contribution is 2.52. The fraction of sp³-hybridized carbons (Fsp3) is 0.792. The predicted molar refractivity (Wildman–Crippen MR) is 253 cm³/mol. The van der Waals surface area contributed by atoms with E-state index in [2.05, 4.69) is 67.5 Å². The maximum Gasteiger partial charge on any atom is 0.251 e. The highest BCUT2D eigenvalue weighted by Gasteiger charge is 2.40. The molecule has 0 amide bonds. The Labute approximate surface area is 345 Å². The van der Waals surface area contributed by atoms with Gasteiger partial charge < -0.3 is 8.85 Å². The maximum atomic E-state index is 7.97. The van der Waals surface area contributed by atoms with Gasteiger partial charge in [-0.15, -0.1) is 22.7 Å². The Hall–Kier alpha value is -0.826. The number of fused-ring (bicyclic) bond motifs is 2. The second kappa shape index (κ2) is 27.0. The van der Waals surface area contributed by atoms with E-state index in [1.165, 1.54) is 232 Å². The fourth-order valence-corrected chi connectivity index (χ4v) is 19.8. The topological polar surface area (TPSA) is 18.5 Å². The Bertz CT molecular complexity index is 1190. The summed E-state index contributed by atoms with van der Waals surface area (Å²) in [6.07, 6.45) is 32.1. The van der Waals surface area contributed by atoms with E-state index in [4.69, 9.17) is 8.85 Å². The molecule has 310 valence electrons. The van der Waals surface area contributed by atoms with E-state index < -0.39 is 16.6 Å². The molecule has 2 nitrogen and oxygen atoms in total. The summed E-state index contributed by atoms with van der Waals surface area (Å²) in [6, 6.07) is 12.9. The smallest absolute Gasteiger partial charge is 0.251 e. The molecule has 0 aliphatic carbocycles. The molecule has 0 N–H and O–H groups in total. The molecule has 54 heavy (non-hydrogen) atoms. The number of benzene rings is 1. The number of rotatable bonds is 34. The van der Waals surface area contributed by atoms with Crippen LogP contribution in [0.4, 0.5) is 0 Å². The molecule has 0 saturated carbocycles. The van der Waals surface area contributed by atoms with Crippen LogP contribution in [0, 0.1) is 13.8 Å². The molecule has 2 aromatic heterocycles. The SMILES string of the molecule is CCCCCC[Si](CCCCCC)(CCCCCC)Oc1c2cc(C)sc2c(O[Si](CCCCCC)(CCCCCC)CCCCCC)c2cc(C)sc12. The van der Waals surface area contributed by atoms with Crippen molar-refractivity contribution in [3.63, 3.8) is 0 Å². The molecule has 2 heterocycles. The third-order valence-electron chi connectivity index (χ3n) is 12.2. The van der Waals surface area contributed by atoms with Crippen molar-refractivity contribution in [1.82, 2.24) is 0 Å². The van der Waals surface area contributed by atoms with Crippen LogP contribution in [0.25, 0.3) is 20.2 Å². The summed E-state index contributed by atoms with van der Waals surface area (Å²) in [5, 5.41) is 2.75. The van der Waals surface area contributed by atoms with Crippen LogP contribution in [-0.2, 0) is 0 Å². The molecular formula is C48H86O2S2Si2. The summed E-state index contributed by atoms with van der Waals surface area (Å²) < 4.78 is 18.7. The maximum absolute atomic E-state index is 7.97. The third kappa shape index (κ3) is 15.5. The van der Waals surface area contributed by atoms with Gasteiger partial charge in [-0.1, -0.05) is 196 Å². The molecule has 3 aromatic rings. The fourth-order valence-electron chi connectivity index (χ4n) is 8.88. The van der Waals surface area contributed by atoms with Crippen LogP contribution in [0.15, 0.2) is 12.1 Å². The van der Waals surface area contributed by atoms with Crippen molar-refractivity contribution < 1.29 is 8.85 Å². The van der Waals surface area contributed by atoms with E-state index in [0.717, 1.165) is 0 Å². The summed E-state index contributed by atoms with van der Waals surface area (Å²) in [7, 11) is -4.13. The van der Waals surface area contributed by atoms with Crippen molar-refractivity contribution in [3.8, 4) is 11.5 Å². The highest BCUT2D eigenvalue weighted by atomic mass is 32.1. The zero-order chi connectivity index (χ0) is 39.1. The minimum absolute atomic E-state index is 1.25. The molecule has 0 bridgehead atoms. The lowest BCUT2D eigenvalue weighted by Gasteiger charge is -2.35. The number of unbranched alkanes of at least 4 members (excludes halogenated alkanes) is 18. The standard InChI is InChI=1S/C48H86O2S2Si2/c1-9-15-21-27-33-53(34-28-22-16-10-2,35-29-23-17-11-3)49-45-43-39-41(7)52-48(43)46(44-40-42(8)51-47(44)45)50-54(36-30-24-18-12-4,37-31-25-19-13-5)38-32-26-20-14-6/h39-40H,9-38H2,1-8H3. The van der Waals surface area contributed by atoms with Gasteiger partial charge in [-0.05, 0) is 62.2 Å². The summed E-state index contributed by atoms with van der Waals surface area (Å²) in [5.74, 6) is 2.51. The lowest BCUT2D eigenvalue weighted by atomic mass is 10.1. The van der Waals surface area contributed by atoms with Gasteiger partial charge in [0.05, 0.1) is 9.40 Å². The molecule has 0 fully saturated rings. The minimum Gasteiger partial charge on any atom is -0.542 e. The molecule has 3 rings (SSSR count). The number of thiophene rings is 2. The van der Waals surface area contributed by atoms with E-state index in [1.807, 2.05) is 22.7 Å². The molecule has 0 aliphatic rings. The zero-order valence-electron chi connectivity index (χ0n) is 37.0. The van der Waals surface area contributed by atoms with Crippen LogP contribution >= 0.6 is 22.7 Å². The van der Waals surface area contributed by atoms with Crippen molar-refractivity contribution in [1.29, 1.82) is 0 Å². The van der Waals surface area contributed by atoms with Crippen molar-refractivity contribution in [2.24, 2.45) is 0 Å². The van der Waals surface area contributed by atoms with Gasteiger partial charge >= 0.3 is 0 Å². The monoisotopic (exact) mass is 815 g/mol. The molecule has 0 aliphatic heterocycles. The minimum atomic E-state index is -2.06. The molecule has 0 atom stereocenters. The van der Waals surface area contributed by atoms with Crippen LogP contribution in [0.2, 0.25) is 36.3 Å². The first-order valence-corrected chi connectivity index (χ1v) is 30.3. The summed E-state index contributed by atoms with van der Waals surface area (Å²) >= 11 is 3.98. The lowest BCUT2D eigenvalue weighted by molar-refractivity contribution is 0.505. The quantitative estimate of drug-likeness (QED) is 0.0442. The Balaban J connectivity index is 2.19. The largest absolute Gasteiger partial charge is 0.542 e. The van der Waals surface area contributed by atoms with E-state index in [0.29, 0.717) is 0 Å². The lowest BCUT2D eigenvalue weighted by Crippen LogP contribution is -2.42. The van der Waals surface area contributed by atoms with Crippen LogP contribution in [0.1, 0.15) is 205 Å². The van der Waals surface area contributed by atoms with Gasteiger partial charge in [0, 0.05) is 20.5 Å². The van der Waals surface area contributed by atoms with Crippen LogP contribution in [0.5, 0.6) is 11.5 Å². The Kier molecular flexibility index (Phi) is 23.7. The van der Waals surface area contributed by atoms with Crippen LogP contribution in [-0.4, -0.2) is 16.6 Å². The summed E-state index contributed by atoms with van der Waals surface area (Å²) in [6.45, 7) is 18.8. The molecular weight excluding hydrogens is 729 g/mol. The average molecular weight is 816 g/mol. The molecule has 6 heteroatoms. The number of hydrogen-bond donors (Lipinski definition) is 0. The first-order valence-electron chi connectivity index (χ1n) is 23.7. The third-order valence-corrected chi connectivity index (χ3v) is 23.1. The van der Waals surface area contributed by atoms with Gasteiger partial charge in [0.1, 0.15) is 11.5 Å². The van der Waals surface area contributed by atoms with E-state index in [1.54, 1.807) is 0 Å². The number of aryl methyl sites for hydroxylation is 2. The Morgan fingerprint density at radius 3 is 0.833 bits per heavy atom. The van der Waals surface area contributed by atoms with Gasteiger partial charge in [-0.25, -0.2) is 0 Å². The Morgan fingerprint density at radius 2 is 0.611 bits per heavy atom. The van der Waals surface area contributed by atoms with Gasteiger partial charge in [0.25, 0.3) is 16.6 Å². The second-order valence-electron chi connectivity index (χ2n) is 17.3. The number of hydrogen-bond acceptors (Lipinski definition) is 4. The van der Waals surface area contributed by atoms with Crippen molar-refractivity contribution in [2.75, 3.05) is 0 Å². The van der Waals surface area contributed by atoms with Crippen molar-refractivity contribution >= 4 is 59.5 Å². The molecule has 0 unspecified atom stereocenters. The molecule has 1 aromatic carbocycles. The van der Waals surface area contributed by atoms with Crippen molar-refractivity contribution in [2.45, 2.75) is 246 Å². The Morgan fingerprint density at radius 1 is 0.370 bits per heavy atom. The van der Waals surface area contributed by atoms with Crippen LogP contribution < -0.4 is 8.85 Å². The van der Waals surface area contributed by atoms with E-state index >= 15 is 0 Å². The second-order valence-corrected chi connectivity index (χ2v) is 27.9. The summed E-state index contributed by atoms with van der Waals surface area (Å²) in [5.41, 5.74) is 0. The van der Waals surface area contributed by atoms with Gasteiger partial charge in [0.2, 0.25) is 0 Å². The molecule has 0 radical (unpaired) electrons. The van der Waals surface area contributed by atoms with Gasteiger partial charge in [0.15, 0.2) is 0 Å². The highest BCUT2D eigenvalue weighted by molar-refractivity contribution is 7.21. The van der Waals surface area contributed by atoms with Gasteiger partial charge in [-0.3, -0.25) is 0 Å². The van der Waals surface area contributed by atoms with E-state index in [-0.39, 0.29) is 0 Å². The van der Waals surface area contributed by atoms with E-state index in [9.17, 15) is 0 Å². The summed E-state index contributed by atoms with van der Waals surface area (Å²) in [4.78, 5) is 2.80. The molecule has 0 saturated heterocycles. The molecule has 0 spiro atoms. The average Bonchev–Trinajstić information content (AvgIpc) is 3.76. The van der Waals surface area contributed by atoms with Crippen molar-refractivity contribution in [3.05, 3.63) is 21.9 Å². The van der Waals surface area contributed by atoms with Gasteiger partial charge in [-0.2, -0.15) is 0 Å².